The maximum absolute atomic E-state index is 12.5. The van der Waals surface area contributed by atoms with Crippen molar-refractivity contribution in [1.29, 1.82) is 0 Å². The van der Waals surface area contributed by atoms with Crippen molar-refractivity contribution >= 4 is 25.8 Å². The lowest BCUT2D eigenvalue weighted by Crippen LogP contribution is -2.26. The Bertz CT molecular complexity index is 1320. The molecule has 0 radical (unpaired) electrons. The lowest BCUT2D eigenvalue weighted by molar-refractivity contribution is 0.0696. The molecule has 0 fully saturated rings. The van der Waals surface area contributed by atoms with Crippen LogP contribution in [0.5, 0.6) is 11.5 Å². The molecule has 3 aromatic rings. The van der Waals surface area contributed by atoms with Gasteiger partial charge in [0.2, 0.25) is 10.0 Å². The summed E-state index contributed by atoms with van der Waals surface area (Å²) in [6.45, 7) is 0.172. The molecule has 0 aliphatic rings. The third-order valence-electron chi connectivity index (χ3n) is 4.35. The SMILES string of the molecule is CS(=O)(=O)c1cc(C(=O)O)ccc1Oc1ccc(S(=O)(=O)NCCc2ccccn2)cc1. The van der Waals surface area contributed by atoms with Gasteiger partial charge in [-0.05, 0) is 54.6 Å². The van der Waals surface area contributed by atoms with Gasteiger partial charge in [-0.3, -0.25) is 4.98 Å². The van der Waals surface area contributed by atoms with E-state index in [-0.39, 0.29) is 33.4 Å². The summed E-state index contributed by atoms with van der Waals surface area (Å²) < 4.78 is 57.1. The third kappa shape index (κ3) is 5.90. The molecule has 0 aliphatic heterocycles. The number of carbonyl (C=O) groups is 1. The van der Waals surface area contributed by atoms with Gasteiger partial charge in [0.15, 0.2) is 9.84 Å². The number of sulfonamides is 1. The van der Waals surface area contributed by atoms with Gasteiger partial charge in [-0.1, -0.05) is 6.07 Å². The van der Waals surface area contributed by atoms with Crippen LogP contribution in [0.3, 0.4) is 0 Å². The number of rotatable bonds is 9. The lowest BCUT2D eigenvalue weighted by atomic mass is 10.2. The summed E-state index contributed by atoms with van der Waals surface area (Å²) >= 11 is 0. The first-order chi connectivity index (χ1) is 15.1. The topological polar surface area (TPSA) is 140 Å². The summed E-state index contributed by atoms with van der Waals surface area (Å²) in [6, 6.07) is 14.3. The Morgan fingerprint density at radius 1 is 1.03 bits per heavy atom. The number of hydrogen-bond acceptors (Lipinski definition) is 7. The summed E-state index contributed by atoms with van der Waals surface area (Å²) in [5, 5.41) is 9.09. The smallest absolute Gasteiger partial charge is 0.335 e. The standard InChI is InChI=1S/C21H20N2O7S2/c1-31(26,27)20-14-15(21(24)25)5-10-19(20)30-17-6-8-18(9-7-17)32(28,29)23-13-11-16-4-2-3-12-22-16/h2-10,12,14,23H,11,13H2,1H3,(H,24,25). The van der Waals surface area contributed by atoms with Crippen LogP contribution in [0.1, 0.15) is 16.1 Å². The zero-order valence-corrected chi connectivity index (χ0v) is 18.6. The summed E-state index contributed by atoms with van der Waals surface area (Å²) in [5.74, 6) is -1.15. The minimum atomic E-state index is -3.77. The van der Waals surface area contributed by atoms with Gasteiger partial charge in [0, 0.05) is 31.1 Å². The first kappa shape index (κ1) is 23.4. The van der Waals surface area contributed by atoms with Gasteiger partial charge < -0.3 is 9.84 Å². The second kappa shape index (κ2) is 9.47. The minimum Gasteiger partial charge on any atom is -0.478 e. The zero-order valence-electron chi connectivity index (χ0n) is 16.9. The fourth-order valence-corrected chi connectivity index (χ4v) is 4.62. The van der Waals surface area contributed by atoms with E-state index < -0.39 is 25.8 Å². The fourth-order valence-electron chi connectivity index (χ4n) is 2.77. The van der Waals surface area contributed by atoms with Gasteiger partial charge in [0.25, 0.3) is 0 Å². The molecule has 1 heterocycles. The van der Waals surface area contributed by atoms with Gasteiger partial charge in [0.1, 0.15) is 16.4 Å². The molecule has 0 saturated carbocycles. The van der Waals surface area contributed by atoms with E-state index >= 15 is 0 Å². The van der Waals surface area contributed by atoms with E-state index in [9.17, 15) is 21.6 Å². The van der Waals surface area contributed by atoms with E-state index in [0.717, 1.165) is 18.0 Å². The molecular weight excluding hydrogens is 456 g/mol. The minimum absolute atomic E-state index is 0.00966. The van der Waals surface area contributed by atoms with Gasteiger partial charge in [-0.25, -0.2) is 26.4 Å². The van der Waals surface area contributed by atoms with Crippen molar-refractivity contribution in [3.8, 4) is 11.5 Å². The molecule has 32 heavy (non-hydrogen) atoms. The van der Waals surface area contributed by atoms with Crippen LogP contribution in [0, 0.1) is 0 Å². The molecule has 0 saturated heterocycles. The summed E-state index contributed by atoms with van der Waals surface area (Å²) in [4.78, 5) is 15.0. The molecule has 0 atom stereocenters. The predicted octanol–water partition coefficient (Wildman–Crippen LogP) is 2.50. The van der Waals surface area contributed by atoms with Crippen LogP contribution < -0.4 is 9.46 Å². The Hall–Kier alpha value is -3.28. The van der Waals surface area contributed by atoms with Gasteiger partial charge in [0.05, 0.1) is 10.5 Å². The average Bonchev–Trinajstić information content (AvgIpc) is 2.74. The monoisotopic (exact) mass is 476 g/mol. The number of aromatic nitrogens is 1. The largest absolute Gasteiger partial charge is 0.478 e. The van der Waals surface area contributed by atoms with Crippen LogP contribution in [0.4, 0.5) is 0 Å². The first-order valence-electron chi connectivity index (χ1n) is 9.31. The van der Waals surface area contributed by atoms with Crippen molar-refractivity contribution in [2.45, 2.75) is 16.2 Å². The highest BCUT2D eigenvalue weighted by Gasteiger charge is 2.19. The highest BCUT2D eigenvalue weighted by molar-refractivity contribution is 7.90. The summed E-state index contributed by atoms with van der Waals surface area (Å²) in [5.41, 5.74) is 0.561. The van der Waals surface area contributed by atoms with Crippen molar-refractivity contribution in [2.24, 2.45) is 0 Å². The Balaban J connectivity index is 1.74. The number of carboxylic acid groups (broad SMARTS) is 1. The maximum atomic E-state index is 12.5. The van der Waals surface area contributed by atoms with Gasteiger partial charge >= 0.3 is 5.97 Å². The van der Waals surface area contributed by atoms with Crippen LogP contribution in [-0.2, 0) is 26.3 Å². The average molecular weight is 477 g/mol. The Morgan fingerprint density at radius 2 is 1.75 bits per heavy atom. The fraction of sp³-hybridized carbons (Fsp3) is 0.143. The highest BCUT2D eigenvalue weighted by atomic mass is 32.2. The van der Waals surface area contributed by atoms with Crippen LogP contribution in [-0.4, -0.2) is 45.7 Å². The number of carboxylic acids is 1. The van der Waals surface area contributed by atoms with Crippen LogP contribution in [0.15, 0.2) is 76.7 Å². The van der Waals surface area contributed by atoms with Crippen molar-refractivity contribution in [3.63, 3.8) is 0 Å². The van der Waals surface area contributed by atoms with E-state index in [2.05, 4.69) is 9.71 Å². The molecule has 9 nitrogen and oxygen atoms in total. The number of ether oxygens (including phenoxy) is 1. The summed E-state index contributed by atoms with van der Waals surface area (Å²) in [7, 11) is -7.53. The zero-order chi connectivity index (χ0) is 23.4. The van der Waals surface area contributed by atoms with Crippen molar-refractivity contribution in [3.05, 3.63) is 78.1 Å². The molecule has 11 heteroatoms. The molecule has 0 spiro atoms. The van der Waals surface area contributed by atoms with Crippen molar-refractivity contribution < 1.29 is 31.5 Å². The number of hydrogen-bond donors (Lipinski definition) is 2. The van der Waals surface area contributed by atoms with Crippen LogP contribution in [0.25, 0.3) is 0 Å². The lowest BCUT2D eigenvalue weighted by Gasteiger charge is -2.12. The van der Waals surface area contributed by atoms with E-state index in [4.69, 9.17) is 9.84 Å². The van der Waals surface area contributed by atoms with Gasteiger partial charge in [-0.2, -0.15) is 0 Å². The van der Waals surface area contributed by atoms with E-state index in [1.54, 1.807) is 18.3 Å². The van der Waals surface area contributed by atoms with Crippen molar-refractivity contribution in [2.75, 3.05) is 12.8 Å². The van der Waals surface area contributed by atoms with Crippen LogP contribution >= 0.6 is 0 Å². The number of nitrogens with zero attached hydrogens (tertiary/aromatic N) is 1. The second-order valence-electron chi connectivity index (χ2n) is 6.78. The van der Waals surface area contributed by atoms with Crippen LogP contribution in [0.2, 0.25) is 0 Å². The molecular formula is C21H20N2O7S2. The number of nitrogens with one attached hydrogen (secondary N) is 1. The number of aromatic carboxylic acids is 1. The summed E-state index contributed by atoms with van der Waals surface area (Å²) in [6.07, 6.45) is 3.00. The van der Waals surface area contributed by atoms with E-state index in [1.165, 1.54) is 36.4 Å². The molecule has 1 aromatic heterocycles. The highest BCUT2D eigenvalue weighted by Crippen LogP contribution is 2.30. The Labute approximate surface area is 185 Å². The van der Waals surface area contributed by atoms with Gasteiger partial charge in [-0.15, -0.1) is 0 Å². The molecule has 0 bridgehead atoms. The molecule has 3 rings (SSSR count). The predicted molar refractivity (Wildman–Crippen MR) is 116 cm³/mol. The first-order valence-corrected chi connectivity index (χ1v) is 12.7. The third-order valence-corrected chi connectivity index (χ3v) is 6.95. The second-order valence-corrected chi connectivity index (χ2v) is 10.5. The molecule has 0 unspecified atom stereocenters. The maximum Gasteiger partial charge on any atom is 0.335 e. The molecule has 2 aromatic carbocycles. The normalized spacial score (nSPS) is 11.8. The number of benzene rings is 2. The molecule has 0 aliphatic carbocycles. The van der Waals surface area contributed by atoms with E-state index in [1.807, 2.05) is 6.07 Å². The Kier molecular flexibility index (Phi) is 6.92. The van der Waals surface area contributed by atoms with E-state index in [0.29, 0.717) is 6.42 Å². The van der Waals surface area contributed by atoms with Crippen molar-refractivity contribution in [1.82, 2.24) is 9.71 Å². The Morgan fingerprint density at radius 3 is 2.34 bits per heavy atom. The molecule has 2 N–H and O–H groups in total. The number of pyridine rings is 1. The number of sulfone groups is 1. The quantitative estimate of drug-likeness (QED) is 0.480. The molecule has 0 amide bonds. The molecule has 168 valence electrons.